The van der Waals surface area contributed by atoms with Gasteiger partial charge in [0.25, 0.3) is 0 Å². The number of nitrogens with two attached hydrogens (primary N) is 1. The molecule has 20 heavy (non-hydrogen) atoms. The van der Waals surface area contributed by atoms with Crippen LogP contribution in [0.3, 0.4) is 0 Å². The molecular formula is C12H20N2O4S2. The van der Waals surface area contributed by atoms with Gasteiger partial charge in [-0.1, -0.05) is 6.92 Å². The highest BCUT2D eigenvalue weighted by Crippen LogP contribution is 2.25. The van der Waals surface area contributed by atoms with Crippen molar-refractivity contribution < 1.29 is 16.8 Å². The molecule has 0 heterocycles. The quantitative estimate of drug-likeness (QED) is 0.809. The number of hydrogen-bond donors (Lipinski definition) is 2. The molecule has 0 bridgehead atoms. The lowest BCUT2D eigenvalue weighted by molar-refractivity contribution is 0.490. The van der Waals surface area contributed by atoms with Gasteiger partial charge in [0, 0.05) is 11.2 Å². The van der Waals surface area contributed by atoms with Crippen LogP contribution in [0.15, 0.2) is 28.0 Å². The zero-order valence-corrected chi connectivity index (χ0v) is 13.6. The maximum Gasteiger partial charge on any atom is 0.242 e. The van der Waals surface area contributed by atoms with E-state index in [-0.39, 0.29) is 21.2 Å². The molecule has 114 valence electrons. The Hall–Kier alpha value is -1.12. The second kappa shape index (κ2) is 5.34. The number of rotatable bonds is 4. The molecule has 0 aliphatic heterocycles. The molecule has 3 N–H and O–H groups in total. The molecule has 0 aromatic heterocycles. The molecule has 0 atom stereocenters. The fourth-order valence-corrected chi connectivity index (χ4v) is 4.81. The van der Waals surface area contributed by atoms with Crippen molar-refractivity contribution >= 4 is 25.5 Å². The highest BCUT2D eigenvalue weighted by atomic mass is 32.2. The smallest absolute Gasteiger partial charge is 0.242 e. The van der Waals surface area contributed by atoms with Crippen LogP contribution in [-0.4, -0.2) is 28.1 Å². The Labute approximate surface area is 120 Å². The first kappa shape index (κ1) is 16.9. The second-order valence-corrected chi connectivity index (χ2v) is 9.36. The molecule has 1 aromatic carbocycles. The van der Waals surface area contributed by atoms with Gasteiger partial charge in [0.1, 0.15) is 4.90 Å². The van der Waals surface area contributed by atoms with Crippen LogP contribution in [0.4, 0.5) is 5.69 Å². The summed E-state index contributed by atoms with van der Waals surface area (Å²) in [6, 6.07) is 3.76. The molecule has 8 heteroatoms. The predicted octanol–water partition coefficient (Wildman–Crippen LogP) is 1.14. The van der Waals surface area contributed by atoms with E-state index in [4.69, 9.17) is 5.73 Å². The molecule has 1 rings (SSSR count). The van der Waals surface area contributed by atoms with Crippen molar-refractivity contribution in [3.8, 4) is 0 Å². The lowest BCUT2D eigenvalue weighted by Crippen LogP contribution is -2.41. The highest BCUT2D eigenvalue weighted by molar-refractivity contribution is 7.93. The molecule has 0 fully saturated rings. The second-order valence-electron chi connectivity index (χ2n) is 5.47. The van der Waals surface area contributed by atoms with E-state index in [1.807, 2.05) is 0 Å². The Morgan fingerprint density at radius 2 is 1.65 bits per heavy atom. The average molecular weight is 320 g/mol. The molecule has 0 aliphatic rings. The largest absolute Gasteiger partial charge is 0.399 e. The Balaban J connectivity index is 3.56. The Morgan fingerprint density at radius 1 is 1.10 bits per heavy atom. The number of sulfone groups is 1. The van der Waals surface area contributed by atoms with Gasteiger partial charge in [-0.2, -0.15) is 0 Å². The summed E-state index contributed by atoms with van der Waals surface area (Å²) in [6.07, 6.45) is 0. The van der Waals surface area contributed by atoms with Crippen LogP contribution in [0.2, 0.25) is 0 Å². The fourth-order valence-electron chi connectivity index (χ4n) is 1.61. The summed E-state index contributed by atoms with van der Waals surface area (Å²) in [5.74, 6) is -0.186. The van der Waals surface area contributed by atoms with E-state index < -0.39 is 25.4 Å². The van der Waals surface area contributed by atoms with Gasteiger partial charge in [-0.25, -0.2) is 21.6 Å². The molecule has 0 radical (unpaired) electrons. The third-order valence-corrected chi connectivity index (χ3v) is 6.13. The van der Waals surface area contributed by atoms with E-state index >= 15 is 0 Å². The average Bonchev–Trinajstić information content (AvgIpc) is 2.25. The first-order valence-electron chi connectivity index (χ1n) is 6.05. The van der Waals surface area contributed by atoms with Gasteiger partial charge in [0.15, 0.2) is 9.84 Å². The third-order valence-electron chi connectivity index (χ3n) is 2.41. The van der Waals surface area contributed by atoms with Gasteiger partial charge < -0.3 is 5.73 Å². The minimum atomic E-state index is -3.97. The molecule has 0 saturated carbocycles. The Morgan fingerprint density at radius 3 is 2.10 bits per heavy atom. The zero-order chi connectivity index (χ0) is 15.8. The van der Waals surface area contributed by atoms with Crippen molar-refractivity contribution in [2.24, 2.45) is 0 Å². The van der Waals surface area contributed by atoms with Crippen LogP contribution < -0.4 is 10.5 Å². The fraction of sp³-hybridized carbons (Fsp3) is 0.500. The van der Waals surface area contributed by atoms with E-state index in [0.29, 0.717) is 0 Å². The van der Waals surface area contributed by atoms with Crippen LogP contribution >= 0.6 is 0 Å². The first-order valence-corrected chi connectivity index (χ1v) is 9.19. The van der Waals surface area contributed by atoms with Crippen LogP contribution in [0, 0.1) is 0 Å². The summed E-state index contributed by atoms with van der Waals surface area (Å²) in [4.78, 5) is -0.541. The minimum absolute atomic E-state index is 0.186. The summed E-state index contributed by atoms with van der Waals surface area (Å²) in [7, 11) is -7.63. The van der Waals surface area contributed by atoms with Crippen LogP contribution in [0.25, 0.3) is 0 Å². The minimum Gasteiger partial charge on any atom is -0.399 e. The molecular weight excluding hydrogens is 300 g/mol. The van der Waals surface area contributed by atoms with Gasteiger partial charge in [0.05, 0.1) is 10.6 Å². The molecule has 0 unspecified atom stereocenters. The van der Waals surface area contributed by atoms with E-state index in [2.05, 4.69) is 4.72 Å². The molecule has 1 aromatic rings. The van der Waals surface area contributed by atoms with Crippen LogP contribution in [0.5, 0.6) is 0 Å². The monoisotopic (exact) mass is 320 g/mol. The van der Waals surface area contributed by atoms with Crippen molar-refractivity contribution in [3.05, 3.63) is 18.2 Å². The Kier molecular flexibility index (Phi) is 4.52. The summed E-state index contributed by atoms with van der Waals surface area (Å²) < 4.78 is 51.2. The van der Waals surface area contributed by atoms with Gasteiger partial charge >= 0.3 is 0 Å². The summed E-state index contributed by atoms with van der Waals surface area (Å²) >= 11 is 0. The number of anilines is 1. The molecule has 6 nitrogen and oxygen atoms in total. The van der Waals surface area contributed by atoms with E-state index in [9.17, 15) is 16.8 Å². The molecule has 0 saturated heterocycles. The van der Waals surface area contributed by atoms with E-state index in [0.717, 1.165) is 6.07 Å². The van der Waals surface area contributed by atoms with E-state index in [1.165, 1.54) is 19.1 Å². The number of sulfonamides is 1. The topological polar surface area (TPSA) is 106 Å². The summed E-state index contributed by atoms with van der Waals surface area (Å²) in [6.45, 7) is 6.47. The Bertz CT molecular complexity index is 701. The van der Waals surface area contributed by atoms with Gasteiger partial charge in [-0.15, -0.1) is 0 Å². The van der Waals surface area contributed by atoms with Crippen molar-refractivity contribution in [2.45, 2.75) is 43.0 Å². The number of nitrogens with one attached hydrogen (secondary N) is 1. The highest BCUT2D eigenvalue weighted by Gasteiger charge is 2.28. The number of nitrogen functional groups attached to an aromatic ring is 1. The zero-order valence-electron chi connectivity index (χ0n) is 12.0. The normalized spacial score (nSPS) is 13.4. The standard InChI is InChI=1S/C12H20N2O4S2/c1-5-19(15,16)10-7-6-9(13)8-11(10)20(17,18)14-12(2,3)4/h6-8,14H,5,13H2,1-4H3. The first-order chi connectivity index (χ1) is 8.89. The van der Waals surface area contributed by atoms with Gasteiger partial charge in [0.2, 0.25) is 10.0 Å². The summed E-state index contributed by atoms with van der Waals surface area (Å²) in [5, 5.41) is 0. The molecule has 0 amide bonds. The lowest BCUT2D eigenvalue weighted by Gasteiger charge is -2.21. The van der Waals surface area contributed by atoms with E-state index in [1.54, 1.807) is 20.8 Å². The van der Waals surface area contributed by atoms with Gasteiger partial charge in [-0.05, 0) is 39.0 Å². The molecule has 0 spiro atoms. The SMILES string of the molecule is CCS(=O)(=O)c1ccc(N)cc1S(=O)(=O)NC(C)(C)C. The number of benzene rings is 1. The lowest BCUT2D eigenvalue weighted by atomic mass is 10.1. The van der Waals surface area contributed by atoms with Crippen molar-refractivity contribution in [1.29, 1.82) is 0 Å². The van der Waals surface area contributed by atoms with Crippen LogP contribution in [-0.2, 0) is 19.9 Å². The third kappa shape index (κ3) is 3.94. The van der Waals surface area contributed by atoms with Crippen molar-refractivity contribution in [3.63, 3.8) is 0 Å². The predicted molar refractivity (Wildman–Crippen MR) is 78.7 cm³/mol. The van der Waals surface area contributed by atoms with Crippen molar-refractivity contribution in [2.75, 3.05) is 11.5 Å². The van der Waals surface area contributed by atoms with Gasteiger partial charge in [-0.3, -0.25) is 0 Å². The van der Waals surface area contributed by atoms with Crippen molar-refractivity contribution in [1.82, 2.24) is 4.72 Å². The maximum atomic E-state index is 12.4. The van der Waals surface area contributed by atoms with Crippen LogP contribution in [0.1, 0.15) is 27.7 Å². The number of hydrogen-bond acceptors (Lipinski definition) is 5. The summed E-state index contributed by atoms with van der Waals surface area (Å²) in [5.41, 5.74) is 5.05. The maximum absolute atomic E-state index is 12.4. The molecule has 0 aliphatic carbocycles.